The summed E-state index contributed by atoms with van der Waals surface area (Å²) in [6, 6.07) is 17.3. The molecule has 2 aromatic heterocycles. The molecule has 4 aromatic rings. The van der Waals surface area contributed by atoms with Crippen molar-refractivity contribution >= 4 is 16.9 Å². The number of nitrogens with one attached hydrogen (secondary N) is 2. The number of aromatic nitrogens is 4. The second-order valence-electron chi connectivity index (χ2n) is 7.46. The molecule has 0 aliphatic carbocycles. The van der Waals surface area contributed by atoms with Crippen LogP contribution in [0.5, 0.6) is 0 Å². The average molecular weight is 385 g/mol. The van der Waals surface area contributed by atoms with Gasteiger partial charge < -0.3 is 10.3 Å². The van der Waals surface area contributed by atoms with Gasteiger partial charge in [0, 0.05) is 18.0 Å². The Labute approximate surface area is 169 Å². The van der Waals surface area contributed by atoms with Crippen molar-refractivity contribution in [3.8, 4) is 11.4 Å². The first kappa shape index (κ1) is 18.8. The van der Waals surface area contributed by atoms with Gasteiger partial charge in [0.25, 0.3) is 5.91 Å². The Bertz CT molecular complexity index is 1070. The highest BCUT2D eigenvalue weighted by atomic mass is 16.1. The van der Waals surface area contributed by atoms with Gasteiger partial charge in [-0.2, -0.15) is 0 Å². The monoisotopic (exact) mass is 385 g/mol. The molecule has 0 bridgehead atoms. The number of hydrogen-bond acceptors (Lipinski definition) is 4. The van der Waals surface area contributed by atoms with Gasteiger partial charge in [0.2, 0.25) is 0 Å². The predicted octanol–water partition coefficient (Wildman–Crippen LogP) is 4.54. The Hall–Kier alpha value is -3.54. The number of fused-ring (bicyclic) bond motifs is 1. The summed E-state index contributed by atoms with van der Waals surface area (Å²) < 4.78 is 0. The van der Waals surface area contributed by atoms with Crippen LogP contribution in [0.3, 0.4) is 0 Å². The van der Waals surface area contributed by atoms with Crippen LogP contribution in [0.25, 0.3) is 22.4 Å². The molecule has 0 aliphatic heterocycles. The second-order valence-corrected chi connectivity index (χ2v) is 7.46. The zero-order valence-electron chi connectivity index (χ0n) is 16.5. The van der Waals surface area contributed by atoms with Crippen LogP contribution in [0.1, 0.15) is 42.5 Å². The summed E-state index contributed by atoms with van der Waals surface area (Å²) in [5.41, 5.74) is 3.19. The van der Waals surface area contributed by atoms with E-state index in [4.69, 9.17) is 0 Å². The Kier molecular flexibility index (Phi) is 5.33. The van der Waals surface area contributed by atoms with E-state index in [2.05, 4.69) is 39.1 Å². The number of para-hydroxylation sites is 2. The van der Waals surface area contributed by atoms with Crippen LogP contribution in [0.4, 0.5) is 0 Å². The predicted molar refractivity (Wildman–Crippen MR) is 113 cm³/mol. The van der Waals surface area contributed by atoms with E-state index < -0.39 is 0 Å². The van der Waals surface area contributed by atoms with Crippen LogP contribution in [0, 0.1) is 5.92 Å². The van der Waals surface area contributed by atoms with Crippen molar-refractivity contribution in [1.82, 2.24) is 25.3 Å². The van der Waals surface area contributed by atoms with Crippen LogP contribution in [0.2, 0.25) is 0 Å². The highest BCUT2D eigenvalue weighted by Crippen LogP contribution is 2.22. The molecule has 0 saturated heterocycles. The molecule has 1 amide bonds. The van der Waals surface area contributed by atoms with E-state index in [0.29, 0.717) is 17.3 Å². The van der Waals surface area contributed by atoms with Crippen LogP contribution in [-0.2, 0) is 0 Å². The van der Waals surface area contributed by atoms with Crippen LogP contribution >= 0.6 is 0 Å². The normalized spacial score (nSPS) is 12.2. The summed E-state index contributed by atoms with van der Waals surface area (Å²) in [6.07, 6.45) is 3.90. The Morgan fingerprint density at radius 2 is 1.69 bits per heavy atom. The first-order valence-corrected chi connectivity index (χ1v) is 9.73. The third-order valence-corrected chi connectivity index (χ3v) is 4.70. The summed E-state index contributed by atoms with van der Waals surface area (Å²) in [5, 5.41) is 3.09. The zero-order chi connectivity index (χ0) is 20.2. The summed E-state index contributed by atoms with van der Waals surface area (Å²) in [7, 11) is 0. The highest BCUT2D eigenvalue weighted by Gasteiger charge is 2.21. The van der Waals surface area contributed by atoms with Crippen molar-refractivity contribution in [3.63, 3.8) is 0 Å². The van der Waals surface area contributed by atoms with Gasteiger partial charge >= 0.3 is 0 Å². The molecule has 4 rings (SSSR count). The molecule has 0 aliphatic rings. The van der Waals surface area contributed by atoms with E-state index in [1.165, 1.54) is 0 Å². The van der Waals surface area contributed by atoms with E-state index in [9.17, 15) is 4.79 Å². The maximum atomic E-state index is 12.8. The minimum absolute atomic E-state index is 0.212. The number of rotatable bonds is 6. The van der Waals surface area contributed by atoms with E-state index in [-0.39, 0.29) is 11.9 Å². The van der Waals surface area contributed by atoms with Crippen LogP contribution < -0.4 is 5.32 Å². The minimum Gasteiger partial charge on any atom is -0.342 e. The van der Waals surface area contributed by atoms with Crippen molar-refractivity contribution in [2.24, 2.45) is 5.92 Å². The van der Waals surface area contributed by atoms with E-state index >= 15 is 0 Å². The fourth-order valence-electron chi connectivity index (χ4n) is 3.27. The largest absolute Gasteiger partial charge is 0.342 e. The molecule has 29 heavy (non-hydrogen) atoms. The lowest BCUT2D eigenvalue weighted by Gasteiger charge is -2.18. The fourth-order valence-corrected chi connectivity index (χ4v) is 3.27. The van der Waals surface area contributed by atoms with Gasteiger partial charge in [0.1, 0.15) is 5.82 Å². The Morgan fingerprint density at radius 1 is 1.00 bits per heavy atom. The Morgan fingerprint density at radius 3 is 2.38 bits per heavy atom. The smallest absolute Gasteiger partial charge is 0.255 e. The highest BCUT2D eigenvalue weighted by molar-refractivity contribution is 5.94. The molecule has 1 unspecified atom stereocenters. The van der Waals surface area contributed by atoms with E-state index in [1.807, 2.05) is 54.6 Å². The van der Waals surface area contributed by atoms with Crippen molar-refractivity contribution in [1.29, 1.82) is 0 Å². The molecular weight excluding hydrogens is 362 g/mol. The Balaban J connectivity index is 1.54. The molecule has 0 fully saturated rings. The van der Waals surface area contributed by atoms with Gasteiger partial charge in [-0.3, -0.25) is 4.79 Å². The minimum atomic E-state index is -0.219. The molecular formula is C23H23N5O. The van der Waals surface area contributed by atoms with Gasteiger partial charge in [-0.25, -0.2) is 15.0 Å². The van der Waals surface area contributed by atoms with Gasteiger partial charge in [0.05, 0.1) is 22.6 Å². The SMILES string of the molecule is CC(C)CC(NC(=O)c1cnc(-c2ccccc2)nc1)c1nc2ccccc2[nH]1. The van der Waals surface area contributed by atoms with Crippen LogP contribution in [-0.4, -0.2) is 25.8 Å². The lowest BCUT2D eigenvalue weighted by Crippen LogP contribution is -2.30. The molecule has 0 radical (unpaired) electrons. The zero-order valence-corrected chi connectivity index (χ0v) is 16.5. The molecule has 1 atom stereocenters. The van der Waals surface area contributed by atoms with Crippen molar-refractivity contribution in [2.45, 2.75) is 26.3 Å². The molecule has 6 nitrogen and oxygen atoms in total. The van der Waals surface area contributed by atoms with Crippen molar-refractivity contribution in [2.75, 3.05) is 0 Å². The van der Waals surface area contributed by atoms with Gasteiger partial charge in [0.15, 0.2) is 5.82 Å². The maximum absolute atomic E-state index is 12.8. The summed E-state index contributed by atoms with van der Waals surface area (Å²) in [6.45, 7) is 4.25. The quantitative estimate of drug-likeness (QED) is 0.510. The molecule has 2 N–H and O–H groups in total. The third kappa shape index (κ3) is 4.32. The molecule has 146 valence electrons. The number of hydrogen-bond donors (Lipinski definition) is 2. The molecule has 6 heteroatoms. The van der Waals surface area contributed by atoms with E-state index in [0.717, 1.165) is 28.8 Å². The summed E-state index contributed by atoms with van der Waals surface area (Å²) in [4.78, 5) is 29.5. The molecule has 0 saturated carbocycles. The van der Waals surface area contributed by atoms with Crippen molar-refractivity contribution < 1.29 is 4.79 Å². The van der Waals surface area contributed by atoms with Crippen LogP contribution in [0.15, 0.2) is 67.0 Å². The van der Waals surface area contributed by atoms with E-state index in [1.54, 1.807) is 12.4 Å². The number of imidazole rings is 1. The number of aromatic amines is 1. The lowest BCUT2D eigenvalue weighted by atomic mass is 10.0. The third-order valence-electron chi connectivity index (χ3n) is 4.70. The van der Waals surface area contributed by atoms with Crippen molar-refractivity contribution in [3.05, 3.63) is 78.4 Å². The second kappa shape index (κ2) is 8.22. The molecule has 2 heterocycles. The standard InChI is InChI=1S/C23H23N5O/c1-15(2)12-20(22-26-18-10-6-7-11-19(18)27-22)28-23(29)17-13-24-21(25-14-17)16-8-4-3-5-9-16/h3-11,13-15,20H,12H2,1-2H3,(H,26,27)(H,28,29). The number of amides is 1. The lowest BCUT2D eigenvalue weighted by molar-refractivity contribution is 0.0929. The maximum Gasteiger partial charge on any atom is 0.255 e. The number of benzene rings is 2. The number of H-pyrrole nitrogens is 1. The average Bonchev–Trinajstić information content (AvgIpc) is 3.18. The molecule has 0 spiro atoms. The first-order chi connectivity index (χ1) is 14.1. The first-order valence-electron chi connectivity index (χ1n) is 9.73. The fraction of sp³-hybridized carbons (Fsp3) is 0.217. The summed E-state index contributed by atoms with van der Waals surface area (Å²) >= 11 is 0. The van der Waals surface area contributed by atoms with Gasteiger partial charge in [-0.05, 0) is 24.5 Å². The summed E-state index contributed by atoms with van der Waals surface area (Å²) in [5.74, 6) is 1.54. The number of carbonyl (C=O) groups excluding carboxylic acids is 1. The van der Waals surface area contributed by atoms with Gasteiger partial charge in [-0.1, -0.05) is 56.3 Å². The molecule has 2 aromatic carbocycles. The topological polar surface area (TPSA) is 83.6 Å². The van der Waals surface area contributed by atoms with Gasteiger partial charge in [-0.15, -0.1) is 0 Å². The number of nitrogens with zero attached hydrogens (tertiary/aromatic N) is 3. The number of carbonyl (C=O) groups is 1.